The second-order valence-electron chi connectivity index (χ2n) is 4.42. The molecule has 0 radical (unpaired) electrons. The Labute approximate surface area is 125 Å². The molecule has 21 heavy (non-hydrogen) atoms. The van der Waals surface area contributed by atoms with Gasteiger partial charge in [-0.05, 0) is 12.0 Å². The highest BCUT2D eigenvalue weighted by atomic mass is 16.3. The van der Waals surface area contributed by atoms with E-state index in [1.165, 1.54) is 0 Å². The van der Waals surface area contributed by atoms with Crippen LogP contribution in [0.3, 0.4) is 0 Å². The van der Waals surface area contributed by atoms with Crippen LogP contribution in [0.1, 0.15) is 12.0 Å². The first-order valence-electron chi connectivity index (χ1n) is 6.99. The van der Waals surface area contributed by atoms with Gasteiger partial charge in [0.2, 0.25) is 0 Å². The second-order valence-corrected chi connectivity index (χ2v) is 4.42. The quantitative estimate of drug-likeness (QED) is 0.324. The molecular formula is C15H24N4O2. The maximum atomic E-state index is 12.2. The highest BCUT2D eigenvalue weighted by molar-refractivity contribution is 5.93. The molecule has 1 rings (SSSR count). The van der Waals surface area contributed by atoms with Gasteiger partial charge in [-0.25, -0.2) is 0 Å². The van der Waals surface area contributed by atoms with Gasteiger partial charge in [-0.3, -0.25) is 4.79 Å². The van der Waals surface area contributed by atoms with Crippen LogP contribution in [0.5, 0.6) is 0 Å². The zero-order chi connectivity index (χ0) is 15.5. The van der Waals surface area contributed by atoms with Crippen molar-refractivity contribution in [2.45, 2.75) is 13.0 Å². The van der Waals surface area contributed by atoms with Crippen LogP contribution < -0.4 is 21.3 Å². The van der Waals surface area contributed by atoms with Crippen molar-refractivity contribution in [3.63, 3.8) is 0 Å². The topological polar surface area (TPSA) is 85.4 Å². The monoisotopic (exact) mass is 292 g/mol. The van der Waals surface area contributed by atoms with Crippen LogP contribution in [-0.4, -0.2) is 38.3 Å². The number of hydrogen-bond acceptors (Lipinski definition) is 5. The van der Waals surface area contributed by atoms with Crippen molar-refractivity contribution in [2.24, 2.45) is 0 Å². The van der Waals surface area contributed by atoms with E-state index in [4.69, 9.17) is 5.11 Å². The van der Waals surface area contributed by atoms with Crippen LogP contribution in [0.15, 0.2) is 41.8 Å². The molecule has 0 saturated carbocycles. The third kappa shape index (κ3) is 5.74. The number of amides is 1. The van der Waals surface area contributed by atoms with Crippen LogP contribution >= 0.6 is 0 Å². The van der Waals surface area contributed by atoms with Gasteiger partial charge in [-0.1, -0.05) is 30.3 Å². The molecule has 0 saturated heterocycles. The molecule has 1 aromatic rings. The summed E-state index contributed by atoms with van der Waals surface area (Å²) in [5.74, 6) is 0.408. The first kappa shape index (κ1) is 16.8. The van der Waals surface area contributed by atoms with Crippen molar-refractivity contribution in [3.8, 4) is 0 Å². The average Bonchev–Trinajstić information content (AvgIpc) is 2.52. The molecule has 0 atom stereocenters. The minimum absolute atomic E-state index is 0.0572. The first-order valence-corrected chi connectivity index (χ1v) is 6.99. The lowest BCUT2D eigenvalue weighted by atomic mass is 10.2. The molecule has 0 spiro atoms. The molecule has 0 aliphatic heterocycles. The number of carbonyl (C=O) groups excluding carboxylic acids is 1. The maximum Gasteiger partial charge on any atom is 0.271 e. The van der Waals surface area contributed by atoms with Gasteiger partial charge in [-0.15, -0.1) is 0 Å². The molecule has 0 heterocycles. The van der Waals surface area contributed by atoms with E-state index in [0.717, 1.165) is 5.56 Å². The van der Waals surface area contributed by atoms with Gasteiger partial charge < -0.3 is 26.4 Å². The molecule has 5 N–H and O–H groups in total. The van der Waals surface area contributed by atoms with Gasteiger partial charge in [0.1, 0.15) is 11.5 Å². The summed E-state index contributed by atoms with van der Waals surface area (Å²) in [6.45, 7) is 1.05. The van der Waals surface area contributed by atoms with E-state index in [2.05, 4.69) is 21.3 Å². The Morgan fingerprint density at radius 2 is 1.76 bits per heavy atom. The van der Waals surface area contributed by atoms with Gasteiger partial charge >= 0.3 is 0 Å². The number of nitrogens with one attached hydrogen (secondary N) is 4. The Morgan fingerprint density at radius 3 is 2.33 bits per heavy atom. The standard InChI is InChI=1S/C15H24N4O2/c1-16-14(17-2)13(15(21)18-9-6-10-20)19-11-12-7-4-3-5-8-12/h3-5,7-8,16-17,19-20H,6,9-11H2,1-2H3,(H,18,21). The molecule has 6 nitrogen and oxygen atoms in total. The zero-order valence-corrected chi connectivity index (χ0v) is 12.6. The molecule has 116 valence electrons. The molecule has 0 aromatic heterocycles. The summed E-state index contributed by atoms with van der Waals surface area (Å²) in [7, 11) is 3.49. The smallest absolute Gasteiger partial charge is 0.271 e. The maximum absolute atomic E-state index is 12.2. The fourth-order valence-electron chi connectivity index (χ4n) is 1.81. The van der Waals surface area contributed by atoms with Gasteiger partial charge in [0.05, 0.1) is 0 Å². The molecular weight excluding hydrogens is 268 g/mol. The predicted molar refractivity (Wildman–Crippen MR) is 83.1 cm³/mol. The Kier molecular flexibility index (Phi) is 7.74. The second kappa shape index (κ2) is 9.66. The normalized spacial score (nSPS) is 9.67. The Bertz CT molecular complexity index is 454. The van der Waals surface area contributed by atoms with E-state index < -0.39 is 0 Å². The number of aliphatic hydroxyl groups excluding tert-OH is 1. The van der Waals surface area contributed by atoms with E-state index >= 15 is 0 Å². The van der Waals surface area contributed by atoms with Gasteiger partial charge in [0.25, 0.3) is 5.91 Å². The molecule has 0 unspecified atom stereocenters. The van der Waals surface area contributed by atoms with Crippen molar-refractivity contribution in [1.29, 1.82) is 0 Å². The van der Waals surface area contributed by atoms with Crippen molar-refractivity contribution in [2.75, 3.05) is 27.2 Å². The van der Waals surface area contributed by atoms with Crippen molar-refractivity contribution >= 4 is 5.91 Å². The SMILES string of the molecule is CNC(NC)=C(NCc1ccccc1)C(=O)NCCCO. The van der Waals surface area contributed by atoms with Gasteiger partial charge in [0.15, 0.2) is 0 Å². The van der Waals surface area contributed by atoms with Crippen molar-refractivity contribution < 1.29 is 9.90 Å². The molecule has 0 fully saturated rings. The average molecular weight is 292 g/mol. The number of aliphatic hydroxyl groups is 1. The first-order chi connectivity index (χ1) is 10.2. The van der Waals surface area contributed by atoms with E-state index in [0.29, 0.717) is 31.0 Å². The fraction of sp³-hybridized carbons (Fsp3) is 0.400. The minimum atomic E-state index is -0.210. The Hall–Kier alpha value is -2.21. The summed E-state index contributed by atoms with van der Waals surface area (Å²) in [5.41, 5.74) is 1.53. The van der Waals surface area contributed by atoms with Crippen LogP contribution in [-0.2, 0) is 11.3 Å². The van der Waals surface area contributed by atoms with Gasteiger partial charge in [-0.2, -0.15) is 0 Å². The highest BCUT2D eigenvalue weighted by Gasteiger charge is 2.13. The van der Waals surface area contributed by atoms with Crippen LogP contribution in [0.25, 0.3) is 0 Å². The van der Waals surface area contributed by atoms with Crippen molar-refractivity contribution in [1.82, 2.24) is 21.3 Å². The summed E-state index contributed by atoms with van der Waals surface area (Å²) in [6, 6.07) is 9.85. The summed E-state index contributed by atoms with van der Waals surface area (Å²) >= 11 is 0. The van der Waals surface area contributed by atoms with Crippen LogP contribution in [0, 0.1) is 0 Å². The highest BCUT2D eigenvalue weighted by Crippen LogP contribution is 2.01. The number of carbonyl (C=O) groups is 1. The molecule has 6 heteroatoms. The van der Waals surface area contributed by atoms with Gasteiger partial charge in [0, 0.05) is 33.8 Å². The zero-order valence-electron chi connectivity index (χ0n) is 12.6. The lowest BCUT2D eigenvalue weighted by molar-refractivity contribution is -0.118. The number of rotatable bonds is 9. The van der Waals surface area contributed by atoms with Crippen LogP contribution in [0.2, 0.25) is 0 Å². The predicted octanol–water partition coefficient (Wildman–Crippen LogP) is -0.117. The molecule has 0 aliphatic carbocycles. The molecule has 1 amide bonds. The van der Waals surface area contributed by atoms with E-state index in [-0.39, 0.29) is 12.5 Å². The molecule has 0 aliphatic rings. The number of hydrogen-bond donors (Lipinski definition) is 5. The van der Waals surface area contributed by atoms with E-state index in [9.17, 15) is 4.79 Å². The lowest BCUT2D eigenvalue weighted by Gasteiger charge is -2.16. The summed E-state index contributed by atoms with van der Waals surface area (Å²) in [4.78, 5) is 12.2. The van der Waals surface area contributed by atoms with Crippen molar-refractivity contribution in [3.05, 3.63) is 47.4 Å². The Balaban J connectivity index is 2.73. The summed E-state index contributed by atoms with van der Waals surface area (Å²) < 4.78 is 0. The van der Waals surface area contributed by atoms with Crippen LogP contribution in [0.4, 0.5) is 0 Å². The lowest BCUT2D eigenvalue weighted by Crippen LogP contribution is -2.38. The van der Waals surface area contributed by atoms with E-state index in [1.807, 2.05) is 30.3 Å². The molecule has 0 bridgehead atoms. The largest absolute Gasteiger partial charge is 0.396 e. The minimum Gasteiger partial charge on any atom is -0.396 e. The third-order valence-corrected chi connectivity index (χ3v) is 2.91. The summed E-state index contributed by atoms with van der Waals surface area (Å²) in [6.07, 6.45) is 0.534. The number of benzene rings is 1. The third-order valence-electron chi connectivity index (χ3n) is 2.91. The fourth-order valence-corrected chi connectivity index (χ4v) is 1.81. The Morgan fingerprint density at radius 1 is 1.10 bits per heavy atom. The summed E-state index contributed by atoms with van der Waals surface area (Å²) in [5, 5.41) is 20.6. The molecule has 1 aromatic carbocycles. The van der Waals surface area contributed by atoms with E-state index in [1.54, 1.807) is 14.1 Å².